The SMILES string of the molecule is CC[C@H]1O[C@@H](n2ccc(=O)[nH]c2=O)CC1OP(O)(=S)OC[C@H]1O[C@@H](n2cc(C)c(N)nc2=O)CC1OP(O)(=S)OC[C@H]1O[C@@H](n2cc(C)c(=O)[nH]c2=O)CC1OP(O)(=S)OC[C@H]1O[C@@H](n2cc(C)c(N)nc2=O)CC1OP(O)(=S)OC[C@H]1O[C@@H](n2cnc3c(N)ncnc32)CC1OP(=O)(O)OC[C@H]1O[C@@H](n2cc(C)c(=O)[nH]c2=O)CC1OP(O)(=S)OC[C@H]1O[C@@H](n2cnc3c(=O)[nH]c(N)nc32)CC1OP(O)(=S)OC. The zero-order chi connectivity index (χ0) is 104. The van der Waals surface area contributed by atoms with Gasteiger partial charge in [0, 0.05) is 111 Å². The van der Waals surface area contributed by atoms with Crippen LogP contribution in [-0.2, 0) is 172 Å². The fraction of sp³-hybridized carbons (Fsp3) is 0.577. The van der Waals surface area contributed by atoms with Crippen LogP contribution < -0.4 is 73.6 Å². The highest BCUT2D eigenvalue weighted by Crippen LogP contribution is 2.59. The van der Waals surface area contributed by atoms with Crippen LogP contribution in [-0.4, -0.2) is 253 Å². The molecular formula is C71H95N22O38P7S6. The van der Waals surface area contributed by atoms with Crippen LogP contribution in [0.15, 0.2) is 99.2 Å². The third-order valence-corrected chi connectivity index (χ3v) is 34.3. The number of aromatic nitrogens is 18. The molecule has 7 fully saturated rings. The summed E-state index contributed by atoms with van der Waals surface area (Å²) >= 11 is 33.1. The molecule has 0 spiro atoms. The molecule has 19 N–H and O–H groups in total. The van der Waals surface area contributed by atoms with Gasteiger partial charge in [-0.3, -0.25) is 80.1 Å². The van der Waals surface area contributed by atoms with Gasteiger partial charge in [-0.2, -0.15) is 15.0 Å². The topological polar surface area (TPSA) is 798 Å². The average Bonchev–Trinajstić information content (AvgIpc) is 1.64. The van der Waals surface area contributed by atoms with E-state index in [0.29, 0.717) is 17.5 Å². The number of imidazole rings is 2. The average molecular weight is 2270 g/mol. The van der Waals surface area contributed by atoms with Crippen LogP contribution in [0.3, 0.4) is 0 Å². The van der Waals surface area contributed by atoms with Crippen molar-refractivity contribution in [3.8, 4) is 0 Å². The van der Waals surface area contributed by atoms with Crippen molar-refractivity contribution in [1.29, 1.82) is 0 Å². The predicted octanol–water partition coefficient (Wildman–Crippen LogP) is -0.0475. The van der Waals surface area contributed by atoms with E-state index in [1.807, 2.05) is 0 Å². The molecule has 788 valence electrons. The summed E-state index contributed by atoms with van der Waals surface area (Å²) in [7, 11) is -4.43. The van der Waals surface area contributed by atoms with E-state index in [-0.39, 0.29) is 76.1 Å². The Hall–Kier alpha value is -7.09. The van der Waals surface area contributed by atoms with Gasteiger partial charge in [-0.1, -0.05) is 6.92 Å². The lowest BCUT2D eigenvalue weighted by molar-refractivity contribution is -0.0597. The Balaban J connectivity index is 0.605. The molecule has 0 aromatic carbocycles. The third kappa shape index (κ3) is 25.9. The summed E-state index contributed by atoms with van der Waals surface area (Å²) in [5, 5.41) is 0. The van der Waals surface area contributed by atoms with Crippen LogP contribution in [0.2, 0.25) is 0 Å². The molecule has 28 atom stereocenters. The van der Waals surface area contributed by atoms with Crippen LogP contribution in [0.1, 0.15) is 124 Å². The molecule has 16 heterocycles. The maximum atomic E-state index is 14.7. The first-order chi connectivity index (χ1) is 67.7. The number of nitrogen functional groups attached to an aromatic ring is 4. The second-order valence-electron chi connectivity index (χ2n) is 33.5. The van der Waals surface area contributed by atoms with E-state index in [4.69, 9.17) is 190 Å². The van der Waals surface area contributed by atoms with E-state index in [2.05, 4.69) is 54.8 Å². The molecule has 0 amide bonds. The Morgan fingerprint density at radius 2 is 0.701 bits per heavy atom. The number of nitrogens with zero attached hydrogens (tertiary/aromatic N) is 14. The van der Waals surface area contributed by atoms with Gasteiger partial charge in [-0.25, -0.2) is 48.5 Å². The number of phosphoric acid groups is 1. The minimum Gasteiger partial charge on any atom is -0.383 e. The van der Waals surface area contributed by atoms with E-state index in [1.165, 1.54) is 67.3 Å². The number of fused-ring (bicyclic) bond motifs is 2. The molecule has 144 heavy (non-hydrogen) atoms. The molecule has 0 bridgehead atoms. The molecule has 7 saturated heterocycles. The Bertz CT molecular complexity index is 7320. The number of H-pyrrole nitrogens is 4. The molecule has 0 saturated carbocycles. The van der Waals surface area contributed by atoms with Crippen molar-refractivity contribution in [3.63, 3.8) is 0 Å². The summed E-state index contributed by atoms with van der Waals surface area (Å²) < 4.78 is 149. The van der Waals surface area contributed by atoms with Crippen molar-refractivity contribution in [3.05, 3.63) is 172 Å². The number of aromatic amines is 4. The van der Waals surface area contributed by atoms with Gasteiger partial charge in [-0.05, 0) is 105 Å². The van der Waals surface area contributed by atoms with Crippen LogP contribution in [0.4, 0.5) is 23.4 Å². The fourth-order valence-corrected chi connectivity index (χ4v) is 25.9. The van der Waals surface area contributed by atoms with Gasteiger partial charge in [0.05, 0.1) is 95.0 Å². The van der Waals surface area contributed by atoms with E-state index in [0.717, 1.165) is 48.5 Å². The maximum Gasteiger partial charge on any atom is 0.472 e. The van der Waals surface area contributed by atoms with Crippen LogP contribution in [0.25, 0.3) is 22.3 Å². The van der Waals surface area contributed by atoms with E-state index >= 15 is 0 Å². The number of phosphoric ester groups is 1. The number of rotatable bonds is 41. The molecule has 16 rings (SSSR count). The second-order valence-corrected chi connectivity index (χ2v) is 51.8. The summed E-state index contributed by atoms with van der Waals surface area (Å²) in [5.41, 5.74) is 17.4. The van der Waals surface area contributed by atoms with E-state index in [1.54, 1.807) is 13.8 Å². The lowest BCUT2D eigenvalue weighted by Crippen LogP contribution is -2.33. The minimum absolute atomic E-state index is 0.00649. The largest absolute Gasteiger partial charge is 0.472 e. The first kappa shape index (κ1) is 110. The van der Waals surface area contributed by atoms with Crippen molar-refractivity contribution in [2.75, 3.05) is 69.7 Å². The molecule has 7 aliphatic heterocycles. The second kappa shape index (κ2) is 44.1. The molecule has 0 aliphatic carbocycles. The summed E-state index contributed by atoms with van der Waals surface area (Å²) in [5.74, 6) is -0.555. The van der Waals surface area contributed by atoms with Gasteiger partial charge in [-0.15, -0.1) is 0 Å². The maximum absolute atomic E-state index is 14.7. The molecular weight excluding hydrogens is 2180 g/mol. The lowest BCUT2D eigenvalue weighted by atomic mass is 10.1. The number of nitrogens with two attached hydrogens (primary N) is 4. The quantitative estimate of drug-likeness (QED) is 0.0223. The smallest absolute Gasteiger partial charge is 0.383 e. The predicted molar refractivity (Wildman–Crippen MR) is 517 cm³/mol. The highest BCUT2D eigenvalue weighted by atomic mass is 32.5. The Morgan fingerprint density at radius 1 is 0.375 bits per heavy atom. The summed E-state index contributed by atoms with van der Waals surface area (Å²) in [6.07, 6.45) is -20.0. The number of ether oxygens (including phenoxy) is 7. The van der Waals surface area contributed by atoms with Crippen LogP contribution >= 0.6 is 48.1 Å². The molecule has 9 aromatic rings. The van der Waals surface area contributed by atoms with E-state index < -0.39 is 293 Å². The monoisotopic (exact) mass is 2270 g/mol. The molecule has 60 nitrogen and oxygen atoms in total. The Labute approximate surface area is 838 Å². The summed E-state index contributed by atoms with van der Waals surface area (Å²) in [4.78, 5) is 237. The summed E-state index contributed by atoms with van der Waals surface area (Å²) in [6, 6.07) is 1.12. The van der Waals surface area contributed by atoms with Crippen LogP contribution in [0, 0.1) is 27.7 Å². The van der Waals surface area contributed by atoms with Crippen molar-refractivity contribution in [2.24, 2.45) is 0 Å². The zero-order valence-electron chi connectivity index (χ0n) is 75.7. The van der Waals surface area contributed by atoms with Crippen LogP contribution in [0.5, 0.6) is 0 Å². The molecule has 14 unspecified atom stereocenters. The standard InChI is InChI=1S/C71H95N22O38P7S6/c1-7-34-35(10-49(118-34)87-9-8-48(94)80-67(87)98)127-134(106,140)114-24-45-39(13-50(120-45)88-17-30(2)58(72)81-68(88)99)130-137(109,143)117-26-47-41(15-53(122-47)91-20-33(5)64(96)86-71(91)102)131-138(110,144)116-25-46-40(14-51(121-46)89-18-31(3)59(73)82-69(89)100)129-135(107,141)113-22-43-36(11-54(123-43)92-28-78-56-60(74)76-27-77-61(56)92)125-132(103,104)112-21-42-38(12-52(119-42)90-19-32(4)63(95)85-70(90)101)128-136(108,142)115-23-44-37(126-133(105,139)111-6)16-55(124-44)93-29-79-57-62(93)83-66(75)84-65(57)97/h8-9,17-20,27-29,34-47,49-55H,7,10-16,21-26H2,1-6H3,(H,103,104)(H,105,139)(H,106,140)(H,107,141)(H,108,142)(H,109,143)(H,110,144)(H2,72,81,99)(H2,73,82,100)(H2,74,76,77)(H,80,94,98)(H,85,95,101)(H,86,96,102)(H3,75,83,84,97)/t34-,35?,36?,37?,38?,39?,40?,41?,42-,43-,44-,45-,46-,47-,49-,50-,51-,52-,53-,54-,55-,133?,134?,135?,136?,137?,138?/m1/s1. The van der Waals surface area contributed by atoms with Gasteiger partial charge >= 0.3 is 76.6 Å². The normalized spacial score (nSPS) is 29.7. The van der Waals surface area contributed by atoms with Gasteiger partial charge in [0.15, 0.2) is 22.6 Å². The highest BCUT2D eigenvalue weighted by Gasteiger charge is 2.52. The molecule has 73 heteroatoms. The zero-order valence-corrected chi connectivity index (χ0v) is 86.8. The van der Waals surface area contributed by atoms with Gasteiger partial charge in [0.25, 0.3) is 22.2 Å². The number of aryl methyl sites for hydroxylation is 4. The highest BCUT2D eigenvalue weighted by molar-refractivity contribution is 8.08. The fourth-order valence-electron chi connectivity index (χ4n) is 16.6. The van der Waals surface area contributed by atoms with Gasteiger partial charge in [0.2, 0.25) is 5.95 Å². The van der Waals surface area contributed by atoms with Gasteiger partial charge < -0.3 is 145 Å². The summed E-state index contributed by atoms with van der Waals surface area (Å²) in [6.45, 7) is -24.4. The van der Waals surface area contributed by atoms with Crippen molar-refractivity contribution in [1.82, 2.24) is 86.8 Å². The van der Waals surface area contributed by atoms with Crippen molar-refractivity contribution in [2.45, 2.75) is 215 Å². The van der Waals surface area contributed by atoms with E-state index in [9.17, 15) is 82.0 Å². The first-order valence-corrected chi connectivity index (χ1v) is 60.2. The van der Waals surface area contributed by atoms with Crippen molar-refractivity contribution >= 4 is 165 Å². The number of nitrogens with one attached hydrogen (secondary N) is 4. The first-order valence-electron chi connectivity index (χ1n) is 43.2. The molecule has 0 radical (unpaired) electrons. The Morgan fingerprint density at radius 3 is 1.09 bits per heavy atom. The number of hydrogen-bond acceptors (Lipinski definition) is 48. The number of hydrogen-bond donors (Lipinski definition) is 15. The lowest BCUT2D eigenvalue weighted by Gasteiger charge is -2.28. The Kier molecular flexibility index (Phi) is 33.5. The van der Waals surface area contributed by atoms with Gasteiger partial charge in [0.1, 0.15) is 110 Å². The number of anilines is 4. The molecule has 7 aliphatic rings. The molecule has 9 aromatic heterocycles. The van der Waals surface area contributed by atoms with Crippen molar-refractivity contribution < 1.29 is 135 Å². The minimum atomic E-state index is -5.53. The third-order valence-electron chi connectivity index (χ3n) is 23.7.